The van der Waals surface area contributed by atoms with Crippen LogP contribution in [0.2, 0.25) is 5.02 Å². The van der Waals surface area contributed by atoms with Gasteiger partial charge in [-0.2, -0.15) is 0 Å². The molecule has 1 amide bonds. The van der Waals surface area contributed by atoms with Crippen LogP contribution in [0.4, 0.5) is 4.39 Å². The van der Waals surface area contributed by atoms with Crippen LogP contribution in [0.1, 0.15) is 21.5 Å². The minimum atomic E-state index is -0.312. The summed E-state index contributed by atoms with van der Waals surface area (Å²) in [5.74, 6) is -0.595. The summed E-state index contributed by atoms with van der Waals surface area (Å²) in [6, 6.07) is 6.39. The predicted molar refractivity (Wildman–Crippen MR) is 71.6 cm³/mol. The smallest absolute Gasteiger partial charge is 0.253 e. The first-order valence-corrected chi connectivity index (χ1v) is 6.08. The van der Waals surface area contributed by atoms with E-state index in [1.165, 1.54) is 24.5 Å². The predicted octanol–water partition coefficient (Wildman–Crippen LogP) is 3.11. The van der Waals surface area contributed by atoms with E-state index >= 15 is 0 Å². The molecule has 2 rings (SSSR count). The highest BCUT2D eigenvalue weighted by Gasteiger charge is 2.09. The van der Waals surface area contributed by atoms with Gasteiger partial charge in [-0.3, -0.25) is 9.78 Å². The van der Waals surface area contributed by atoms with Crippen LogP contribution < -0.4 is 5.32 Å². The highest BCUT2D eigenvalue weighted by atomic mass is 35.5. The molecule has 0 aliphatic heterocycles. The van der Waals surface area contributed by atoms with Gasteiger partial charge in [-0.1, -0.05) is 23.7 Å². The molecule has 0 unspecified atom stereocenters. The van der Waals surface area contributed by atoms with Gasteiger partial charge in [0.25, 0.3) is 5.91 Å². The zero-order chi connectivity index (χ0) is 13.8. The number of amides is 1. The minimum Gasteiger partial charge on any atom is -0.348 e. The van der Waals surface area contributed by atoms with Crippen LogP contribution in [0, 0.1) is 12.7 Å². The molecule has 1 heterocycles. The molecular formula is C14H12ClFN2O. The maximum absolute atomic E-state index is 13.3. The first-order chi connectivity index (χ1) is 9.08. The van der Waals surface area contributed by atoms with Crippen molar-refractivity contribution < 1.29 is 9.18 Å². The third-order valence-corrected chi connectivity index (χ3v) is 3.01. The fourth-order valence-corrected chi connectivity index (χ4v) is 1.79. The molecular weight excluding hydrogens is 267 g/mol. The van der Waals surface area contributed by atoms with Crippen LogP contribution in [0.15, 0.2) is 36.7 Å². The molecule has 0 bridgehead atoms. The lowest BCUT2D eigenvalue weighted by molar-refractivity contribution is 0.0951. The van der Waals surface area contributed by atoms with Crippen LogP contribution in [-0.4, -0.2) is 10.9 Å². The number of benzene rings is 1. The number of halogens is 2. The largest absolute Gasteiger partial charge is 0.348 e. The fourth-order valence-electron chi connectivity index (χ4n) is 1.58. The normalized spacial score (nSPS) is 10.3. The second kappa shape index (κ2) is 5.80. The Labute approximate surface area is 115 Å². The number of nitrogens with one attached hydrogen (secondary N) is 1. The average Bonchev–Trinajstić information content (AvgIpc) is 2.40. The second-order valence-electron chi connectivity index (χ2n) is 4.12. The number of hydrogen-bond donors (Lipinski definition) is 1. The van der Waals surface area contributed by atoms with Crippen molar-refractivity contribution in [1.82, 2.24) is 10.3 Å². The van der Waals surface area contributed by atoms with Crippen LogP contribution in [0.3, 0.4) is 0 Å². The number of hydrogen-bond acceptors (Lipinski definition) is 2. The number of carbonyl (C=O) groups is 1. The van der Waals surface area contributed by atoms with Crippen LogP contribution >= 0.6 is 11.6 Å². The number of rotatable bonds is 3. The first-order valence-electron chi connectivity index (χ1n) is 5.70. The maximum atomic E-state index is 13.3. The van der Waals surface area contributed by atoms with Crippen molar-refractivity contribution in [2.45, 2.75) is 13.5 Å². The van der Waals surface area contributed by atoms with Crippen molar-refractivity contribution in [1.29, 1.82) is 0 Å². The van der Waals surface area contributed by atoms with E-state index in [4.69, 9.17) is 11.6 Å². The molecule has 0 fully saturated rings. The van der Waals surface area contributed by atoms with Crippen LogP contribution in [0.5, 0.6) is 0 Å². The van der Waals surface area contributed by atoms with Gasteiger partial charge in [0.2, 0.25) is 0 Å². The van der Waals surface area contributed by atoms with E-state index < -0.39 is 0 Å². The lowest BCUT2D eigenvalue weighted by atomic mass is 10.1. The molecule has 0 saturated carbocycles. The number of carbonyl (C=O) groups excluding carboxylic acids is 1. The molecule has 1 aromatic heterocycles. The number of nitrogens with zero attached hydrogens (tertiary/aromatic N) is 1. The Morgan fingerprint density at radius 1 is 1.42 bits per heavy atom. The van der Waals surface area contributed by atoms with E-state index in [1.807, 2.05) is 0 Å². The van der Waals surface area contributed by atoms with Crippen molar-refractivity contribution in [3.8, 4) is 0 Å². The van der Waals surface area contributed by atoms with Gasteiger partial charge >= 0.3 is 0 Å². The summed E-state index contributed by atoms with van der Waals surface area (Å²) in [5.41, 5.74) is 1.62. The molecule has 1 aromatic carbocycles. The number of pyridine rings is 1. The van der Waals surface area contributed by atoms with E-state index in [0.29, 0.717) is 16.7 Å². The Hall–Kier alpha value is -1.94. The quantitative estimate of drug-likeness (QED) is 0.937. The summed E-state index contributed by atoms with van der Waals surface area (Å²) in [4.78, 5) is 15.7. The van der Waals surface area contributed by atoms with Gasteiger partial charge in [-0.05, 0) is 30.2 Å². The van der Waals surface area contributed by atoms with Gasteiger partial charge in [0, 0.05) is 18.9 Å². The van der Waals surface area contributed by atoms with Gasteiger partial charge in [-0.15, -0.1) is 0 Å². The number of aromatic nitrogens is 1. The first kappa shape index (κ1) is 13.5. The average molecular weight is 279 g/mol. The summed E-state index contributed by atoms with van der Waals surface area (Å²) in [6.07, 6.45) is 2.90. The maximum Gasteiger partial charge on any atom is 0.253 e. The third kappa shape index (κ3) is 3.29. The summed E-state index contributed by atoms with van der Waals surface area (Å²) in [6.45, 7) is 1.93. The topological polar surface area (TPSA) is 42.0 Å². The molecule has 0 aliphatic carbocycles. The van der Waals surface area contributed by atoms with E-state index in [9.17, 15) is 9.18 Å². The Morgan fingerprint density at radius 3 is 2.89 bits per heavy atom. The zero-order valence-electron chi connectivity index (χ0n) is 10.3. The molecule has 3 nitrogen and oxygen atoms in total. The van der Waals surface area contributed by atoms with Crippen molar-refractivity contribution in [3.05, 3.63) is 64.2 Å². The standard InChI is InChI=1S/C14H12ClFN2O/c1-9-2-3-10(6-13(9)16)7-18-14(19)11-4-5-17-8-12(11)15/h2-6,8H,7H2,1H3,(H,18,19). The zero-order valence-corrected chi connectivity index (χ0v) is 11.0. The molecule has 0 saturated heterocycles. The molecule has 0 radical (unpaired) electrons. The molecule has 98 valence electrons. The number of aryl methyl sites for hydroxylation is 1. The lowest BCUT2D eigenvalue weighted by Crippen LogP contribution is -2.23. The molecule has 0 aliphatic rings. The van der Waals surface area contributed by atoms with E-state index in [0.717, 1.165) is 0 Å². The van der Waals surface area contributed by atoms with Gasteiger partial charge in [0.1, 0.15) is 5.82 Å². The summed E-state index contributed by atoms with van der Waals surface area (Å²) in [7, 11) is 0. The van der Waals surface area contributed by atoms with E-state index in [2.05, 4.69) is 10.3 Å². The van der Waals surface area contributed by atoms with Crippen LogP contribution in [-0.2, 0) is 6.54 Å². The molecule has 2 aromatic rings. The molecule has 1 N–H and O–H groups in total. The van der Waals surface area contributed by atoms with Crippen molar-refractivity contribution in [2.75, 3.05) is 0 Å². The second-order valence-corrected chi connectivity index (χ2v) is 4.53. The Kier molecular flexibility index (Phi) is 4.12. The molecule has 5 heteroatoms. The monoisotopic (exact) mass is 278 g/mol. The fraction of sp³-hybridized carbons (Fsp3) is 0.143. The van der Waals surface area contributed by atoms with Crippen LogP contribution in [0.25, 0.3) is 0 Å². The summed E-state index contributed by atoms with van der Waals surface area (Å²) >= 11 is 5.86. The Balaban J connectivity index is 2.04. The highest BCUT2D eigenvalue weighted by Crippen LogP contribution is 2.13. The van der Waals surface area contributed by atoms with E-state index in [1.54, 1.807) is 19.1 Å². The van der Waals surface area contributed by atoms with Gasteiger partial charge in [0.15, 0.2) is 0 Å². The minimum absolute atomic E-state index is 0.245. The highest BCUT2D eigenvalue weighted by molar-refractivity contribution is 6.33. The summed E-state index contributed by atoms with van der Waals surface area (Å²) < 4.78 is 13.3. The third-order valence-electron chi connectivity index (χ3n) is 2.71. The Morgan fingerprint density at radius 2 is 2.21 bits per heavy atom. The van der Waals surface area contributed by atoms with Crippen molar-refractivity contribution >= 4 is 17.5 Å². The van der Waals surface area contributed by atoms with Gasteiger partial charge in [-0.25, -0.2) is 4.39 Å². The van der Waals surface area contributed by atoms with Gasteiger partial charge < -0.3 is 5.32 Å². The van der Waals surface area contributed by atoms with Crippen molar-refractivity contribution in [3.63, 3.8) is 0 Å². The molecule has 0 spiro atoms. The molecule has 0 atom stereocenters. The lowest BCUT2D eigenvalue weighted by Gasteiger charge is -2.07. The molecule has 19 heavy (non-hydrogen) atoms. The van der Waals surface area contributed by atoms with Gasteiger partial charge in [0.05, 0.1) is 10.6 Å². The SMILES string of the molecule is Cc1ccc(CNC(=O)c2ccncc2Cl)cc1F. The summed E-state index contributed by atoms with van der Waals surface area (Å²) in [5, 5.41) is 2.97. The Bertz CT molecular complexity index is 616. The van der Waals surface area contributed by atoms with E-state index in [-0.39, 0.29) is 23.3 Å². The van der Waals surface area contributed by atoms with Crippen molar-refractivity contribution in [2.24, 2.45) is 0 Å².